The van der Waals surface area contributed by atoms with Crippen molar-refractivity contribution in [1.82, 2.24) is 4.98 Å². The molecule has 110 valence electrons. The Morgan fingerprint density at radius 1 is 1.43 bits per heavy atom. The Bertz CT molecular complexity index is 711. The first-order valence-corrected chi connectivity index (χ1v) is 7.45. The van der Waals surface area contributed by atoms with Crippen molar-refractivity contribution in [2.45, 2.75) is 26.3 Å². The number of aromatic nitrogens is 1. The van der Waals surface area contributed by atoms with Gasteiger partial charge in [0.15, 0.2) is 5.13 Å². The number of aryl methyl sites for hydroxylation is 1. The second-order valence-electron chi connectivity index (χ2n) is 5.68. The lowest BCUT2D eigenvalue weighted by Crippen LogP contribution is -2.42. The van der Waals surface area contributed by atoms with Gasteiger partial charge < -0.3 is 4.74 Å². The average molecular weight is 306 g/mol. The Kier molecular flexibility index (Phi) is 3.20. The van der Waals surface area contributed by atoms with Crippen LogP contribution < -0.4 is 4.90 Å². The molecule has 0 aliphatic carbocycles. The van der Waals surface area contributed by atoms with Gasteiger partial charge in [-0.3, -0.25) is 0 Å². The van der Waals surface area contributed by atoms with E-state index < -0.39 is 5.54 Å². The second-order valence-corrected chi connectivity index (χ2v) is 6.52. The topological polar surface area (TPSA) is 42.4 Å². The number of carbonyl (C=O) groups excluding carboxylic acids is 1. The molecule has 1 aromatic carbocycles. The Labute approximate surface area is 126 Å². The van der Waals surface area contributed by atoms with Crippen molar-refractivity contribution in [3.8, 4) is 11.3 Å². The maximum Gasteiger partial charge on any atom is 0.416 e. The average Bonchev–Trinajstić information content (AvgIpc) is 2.98. The van der Waals surface area contributed by atoms with Gasteiger partial charge in [-0.2, -0.15) is 0 Å². The quantitative estimate of drug-likeness (QED) is 0.842. The molecule has 1 aliphatic heterocycles. The van der Waals surface area contributed by atoms with E-state index >= 15 is 0 Å². The SMILES string of the molecule is Cc1cc(-c2csc(N3C(=O)OCC3(C)C)n2)ccc1F. The molecule has 0 bridgehead atoms. The van der Waals surface area contributed by atoms with Crippen molar-refractivity contribution in [3.05, 3.63) is 35.0 Å². The molecule has 0 atom stereocenters. The minimum absolute atomic E-state index is 0.238. The van der Waals surface area contributed by atoms with E-state index in [-0.39, 0.29) is 11.9 Å². The van der Waals surface area contributed by atoms with Crippen LogP contribution in [0.2, 0.25) is 0 Å². The highest BCUT2D eigenvalue weighted by atomic mass is 32.1. The van der Waals surface area contributed by atoms with Gasteiger partial charge in [-0.05, 0) is 44.5 Å². The van der Waals surface area contributed by atoms with Crippen LogP contribution in [0.25, 0.3) is 11.3 Å². The molecule has 0 unspecified atom stereocenters. The molecular weight excluding hydrogens is 291 g/mol. The number of halogens is 1. The van der Waals surface area contributed by atoms with Crippen molar-refractivity contribution in [1.29, 1.82) is 0 Å². The van der Waals surface area contributed by atoms with Gasteiger partial charge in [0.2, 0.25) is 0 Å². The van der Waals surface area contributed by atoms with Crippen molar-refractivity contribution in [2.75, 3.05) is 11.5 Å². The van der Waals surface area contributed by atoms with E-state index in [4.69, 9.17) is 4.74 Å². The minimum Gasteiger partial charge on any atom is -0.447 e. The van der Waals surface area contributed by atoms with Gasteiger partial charge >= 0.3 is 6.09 Å². The molecule has 6 heteroatoms. The molecule has 21 heavy (non-hydrogen) atoms. The normalized spacial score (nSPS) is 17.1. The van der Waals surface area contributed by atoms with Crippen molar-refractivity contribution in [2.24, 2.45) is 0 Å². The number of amides is 1. The Balaban J connectivity index is 1.96. The van der Waals surface area contributed by atoms with Gasteiger partial charge in [-0.1, -0.05) is 0 Å². The van der Waals surface area contributed by atoms with Crippen molar-refractivity contribution >= 4 is 22.6 Å². The third-order valence-electron chi connectivity index (χ3n) is 3.47. The zero-order valence-electron chi connectivity index (χ0n) is 12.0. The summed E-state index contributed by atoms with van der Waals surface area (Å²) in [5.74, 6) is -0.238. The lowest BCUT2D eigenvalue weighted by Gasteiger charge is -2.24. The fourth-order valence-corrected chi connectivity index (χ4v) is 3.24. The van der Waals surface area contributed by atoms with Crippen LogP contribution in [0.3, 0.4) is 0 Å². The number of hydrogen-bond donors (Lipinski definition) is 0. The molecule has 3 rings (SSSR count). The molecule has 0 radical (unpaired) electrons. The molecule has 2 aromatic rings. The molecule has 0 N–H and O–H groups in total. The van der Waals surface area contributed by atoms with E-state index in [0.717, 1.165) is 11.3 Å². The zero-order valence-corrected chi connectivity index (χ0v) is 12.8. The molecule has 0 spiro atoms. The number of thiazole rings is 1. The molecule has 1 amide bonds. The number of carbonyl (C=O) groups is 1. The molecule has 1 saturated heterocycles. The summed E-state index contributed by atoms with van der Waals surface area (Å²) in [5, 5.41) is 2.46. The lowest BCUT2D eigenvalue weighted by molar-refractivity contribution is 0.175. The summed E-state index contributed by atoms with van der Waals surface area (Å²) in [7, 11) is 0. The summed E-state index contributed by atoms with van der Waals surface area (Å²) in [6.07, 6.45) is -0.379. The van der Waals surface area contributed by atoms with E-state index in [1.165, 1.54) is 17.4 Å². The smallest absolute Gasteiger partial charge is 0.416 e. The standard InChI is InChI=1S/C15H15FN2O2S/c1-9-6-10(4-5-11(9)16)12-7-21-13(17-12)18-14(19)20-8-15(18,2)3/h4-7H,8H2,1-3H3. The predicted molar refractivity (Wildman–Crippen MR) is 80.2 cm³/mol. The third kappa shape index (κ3) is 2.40. The van der Waals surface area contributed by atoms with Crippen LogP contribution in [0.1, 0.15) is 19.4 Å². The lowest BCUT2D eigenvalue weighted by atomic mass is 10.1. The summed E-state index contributed by atoms with van der Waals surface area (Å²) < 4.78 is 18.4. The number of cyclic esters (lactones) is 1. The zero-order chi connectivity index (χ0) is 15.2. The van der Waals surface area contributed by atoms with Gasteiger partial charge in [-0.25, -0.2) is 19.1 Å². The second kappa shape index (κ2) is 4.80. The molecular formula is C15H15FN2O2S. The van der Waals surface area contributed by atoms with E-state index in [9.17, 15) is 9.18 Å². The van der Waals surface area contributed by atoms with Crippen LogP contribution in [-0.2, 0) is 4.74 Å². The molecule has 1 fully saturated rings. The first-order valence-electron chi connectivity index (χ1n) is 6.57. The number of rotatable bonds is 2. The summed E-state index contributed by atoms with van der Waals surface area (Å²) in [6.45, 7) is 5.92. The van der Waals surface area contributed by atoms with Crippen molar-refractivity contribution in [3.63, 3.8) is 0 Å². The van der Waals surface area contributed by atoms with E-state index in [1.807, 2.05) is 19.2 Å². The van der Waals surface area contributed by atoms with E-state index in [0.29, 0.717) is 17.3 Å². The van der Waals surface area contributed by atoms with Gasteiger partial charge in [0.25, 0.3) is 0 Å². The first kappa shape index (κ1) is 14.0. The summed E-state index contributed by atoms with van der Waals surface area (Å²) in [5.41, 5.74) is 1.73. The highest BCUT2D eigenvalue weighted by Crippen LogP contribution is 2.35. The Morgan fingerprint density at radius 2 is 2.19 bits per heavy atom. The first-order chi connectivity index (χ1) is 9.88. The van der Waals surface area contributed by atoms with Crippen LogP contribution in [0.4, 0.5) is 14.3 Å². The van der Waals surface area contributed by atoms with Crippen LogP contribution in [-0.4, -0.2) is 23.2 Å². The largest absolute Gasteiger partial charge is 0.447 e. The van der Waals surface area contributed by atoms with Gasteiger partial charge in [0, 0.05) is 10.9 Å². The molecule has 1 aromatic heterocycles. The van der Waals surface area contributed by atoms with Gasteiger partial charge in [0.05, 0.1) is 11.2 Å². The summed E-state index contributed by atoms with van der Waals surface area (Å²) in [6, 6.07) is 4.87. The monoisotopic (exact) mass is 306 g/mol. The number of hydrogen-bond acceptors (Lipinski definition) is 4. The van der Waals surface area contributed by atoms with Crippen LogP contribution in [0, 0.1) is 12.7 Å². The number of benzene rings is 1. The maximum absolute atomic E-state index is 13.3. The molecule has 2 heterocycles. The number of nitrogens with zero attached hydrogens (tertiary/aromatic N) is 2. The fraction of sp³-hybridized carbons (Fsp3) is 0.333. The minimum atomic E-state index is -0.412. The number of ether oxygens (including phenoxy) is 1. The maximum atomic E-state index is 13.3. The van der Waals surface area contributed by atoms with E-state index in [2.05, 4.69) is 4.98 Å². The highest BCUT2D eigenvalue weighted by molar-refractivity contribution is 7.14. The summed E-state index contributed by atoms with van der Waals surface area (Å²) >= 11 is 1.38. The van der Waals surface area contributed by atoms with Gasteiger partial charge in [-0.15, -0.1) is 11.3 Å². The van der Waals surface area contributed by atoms with Gasteiger partial charge in [0.1, 0.15) is 12.4 Å². The fourth-order valence-electron chi connectivity index (χ4n) is 2.26. The Hall–Kier alpha value is -1.95. The predicted octanol–water partition coefficient (Wildman–Crippen LogP) is 3.99. The van der Waals surface area contributed by atoms with Crippen LogP contribution in [0.15, 0.2) is 23.6 Å². The highest BCUT2D eigenvalue weighted by Gasteiger charge is 2.42. The molecule has 1 aliphatic rings. The third-order valence-corrected chi connectivity index (χ3v) is 4.30. The van der Waals surface area contributed by atoms with Crippen molar-refractivity contribution < 1.29 is 13.9 Å². The Morgan fingerprint density at radius 3 is 2.81 bits per heavy atom. The molecule has 0 saturated carbocycles. The number of anilines is 1. The van der Waals surface area contributed by atoms with Crippen LogP contribution in [0.5, 0.6) is 0 Å². The van der Waals surface area contributed by atoms with E-state index in [1.54, 1.807) is 24.0 Å². The van der Waals surface area contributed by atoms with Crippen LogP contribution >= 0.6 is 11.3 Å². The molecule has 4 nitrogen and oxygen atoms in total. The summed E-state index contributed by atoms with van der Waals surface area (Å²) in [4.78, 5) is 17.9.